The van der Waals surface area contributed by atoms with E-state index in [2.05, 4.69) is 10.5 Å². The molecule has 0 aliphatic rings. The van der Waals surface area contributed by atoms with Crippen LogP contribution < -0.4 is 5.43 Å². The molecule has 100 valence electrons. The van der Waals surface area contributed by atoms with Crippen molar-refractivity contribution in [2.75, 3.05) is 5.43 Å². The molecule has 0 aromatic heterocycles. The van der Waals surface area contributed by atoms with Crippen LogP contribution in [-0.2, 0) is 4.79 Å². The summed E-state index contributed by atoms with van der Waals surface area (Å²) in [6.07, 6.45) is 1.25. The second-order valence-corrected chi connectivity index (χ2v) is 3.41. The molecule has 0 saturated carbocycles. The van der Waals surface area contributed by atoms with Gasteiger partial charge in [-0.3, -0.25) is 30.4 Å². The maximum Gasteiger partial charge on any atom is 0.301 e. The fourth-order valence-electron chi connectivity index (χ4n) is 1.14. The van der Waals surface area contributed by atoms with Crippen molar-refractivity contribution < 1.29 is 14.6 Å². The third-order valence-electron chi connectivity index (χ3n) is 2.13. The van der Waals surface area contributed by atoms with Crippen molar-refractivity contribution in [2.24, 2.45) is 5.10 Å². The van der Waals surface area contributed by atoms with E-state index in [-0.39, 0.29) is 17.9 Å². The van der Waals surface area contributed by atoms with E-state index >= 15 is 0 Å². The molecule has 0 amide bonds. The van der Waals surface area contributed by atoms with Crippen LogP contribution >= 0.6 is 0 Å². The van der Waals surface area contributed by atoms with E-state index in [1.807, 2.05) is 0 Å². The minimum absolute atomic E-state index is 0.0317. The van der Waals surface area contributed by atoms with E-state index in [1.54, 1.807) is 6.92 Å². The van der Waals surface area contributed by atoms with Crippen molar-refractivity contribution in [3.05, 3.63) is 38.4 Å². The number of non-ortho nitro benzene ring substituents is 1. The van der Waals surface area contributed by atoms with Crippen molar-refractivity contribution in [2.45, 2.75) is 13.3 Å². The lowest BCUT2D eigenvalue weighted by atomic mass is 10.2. The SMILES string of the molecule is CCC(=O)C=NNc1ccc([N+](=O)[O-])cc1[N+](=O)[O-]. The molecule has 9 nitrogen and oxygen atoms in total. The van der Waals surface area contributed by atoms with E-state index in [1.165, 1.54) is 0 Å². The van der Waals surface area contributed by atoms with Gasteiger partial charge in [0.25, 0.3) is 5.69 Å². The zero-order valence-corrected chi connectivity index (χ0v) is 9.90. The first-order valence-electron chi connectivity index (χ1n) is 5.20. The summed E-state index contributed by atoms with van der Waals surface area (Å²) < 4.78 is 0. The normalized spacial score (nSPS) is 10.4. The van der Waals surface area contributed by atoms with Gasteiger partial charge < -0.3 is 0 Å². The summed E-state index contributed by atoms with van der Waals surface area (Å²) in [6.45, 7) is 1.64. The Balaban J connectivity index is 3.01. The average molecular weight is 266 g/mol. The highest BCUT2D eigenvalue weighted by Gasteiger charge is 2.18. The first kappa shape index (κ1) is 14.2. The topological polar surface area (TPSA) is 128 Å². The zero-order valence-electron chi connectivity index (χ0n) is 9.90. The van der Waals surface area contributed by atoms with Gasteiger partial charge in [-0.05, 0) is 6.07 Å². The Morgan fingerprint density at radius 3 is 2.58 bits per heavy atom. The van der Waals surface area contributed by atoms with E-state index in [4.69, 9.17) is 0 Å². The van der Waals surface area contributed by atoms with Crippen molar-refractivity contribution in [1.82, 2.24) is 0 Å². The molecule has 1 N–H and O–H groups in total. The highest BCUT2D eigenvalue weighted by molar-refractivity contribution is 6.27. The van der Waals surface area contributed by atoms with Crippen LogP contribution in [0.3, 0.4) is 0 Å². The summed E-state index contributed by atoms with van der Waals surface area (Å²) in [4.78, 5) is 30.7. The van der Waals surface area contributed by atoms with Gasteiger partial charge in [-0.2, -0.15) is 5.10 Å². The molecular weight excluding hydrogens is 256 g/mol. The average Bonchev–Trinajstić information content (AvgIpc) is 2.38. The number of hydrogen-bond acceptors (Lipinski definition) is 7. The van der Waals surface area contributed by atoms with Crippen LogP contribution in [0.15, 0.2) is 23.3 Å². The lowest BCUT2D eigenvalue weighted by Gasteiger charge is -2.01. The van der Waals surface area contributed by atoms with Gasteiger partial charge in [0.15, 0.2) is 5.78 Å². The highest BCUT2D eigenvalue weighted by Crippen LogP contribution is 2.28. The van der Waals surface area contributed by atoms with Gasteiger partial charge in [0, 0.05) is 12.5 Å². The van der Waals surface area contributed by atoms with E-state index in [0.29, 0.717) is 0 Å². The number of nitrogens with one attached hydrogen (secondary N) is 1. The van der Waals surface area contributed by atoms with Gasteiger partial charge in [0.1, 0.15) is 5.69 Å². The Morgan fingerprint density at radius 2 is 2.05 bits per heavy atom. The molecule has 1 rings (SSSR count). The Kier molecular flexibility index (Phi) is 4.63. The number of nitro benzene ring substituents is 2. The number of rotatable bonds is 6. The smallest absolute Gasteiger partial charge is 0.293 e. The number of nitrogens with zero attached hydrogens (tertiary/aromatic N) is 3. The predicted molar refractivity (Wildman–Crippen MR) is 67.2 cm³/mol. The molecule has 0 unspecified atom stereocenters. The van der Waals surface area contributed by atoms with Crippen molar-refractivity contribution >= 4 is 29.1 Å². The minimum atomic E-state index is -0.771. The molecule has 0 saturated heterocycles. The lowest BCUT2D eigenvalue weighted by molar-refractivity contribution is -0.393. The molecule has 0 bridgehead atoms. The maximum absolute atomic E-state index is 11.0. The van der Waals surface area contributed by atoms with Crippen molar-refractivity contribution in [3.8, 4) is 0 Å². The van der Waals surface area contributed by atoms with Crippen LogP contribution in [0.4, 0.5) is 17.1 Å². The number of carbonyl (C=O) groups is 1. The first-order chi connectivity index (χ1) is 8.95. The third-order valence-corrected chi connectivity index (χ3v) is 2.13. The minimum Gasteiger partial charge on any atom is -0.293 e. The fourth-order valence-corrected chi connectivity index (χ4v) is 1.14. The number of Topliss-reactive ketones (excluding diaryl/α,β-unsaturated/α-hetero) is 1. The predicted octanol–water partition coefficient (Wildman–Crippen LogP) is 1.88. The Labute approximate surface area is 107 Å². The summed E-state index contributed by atoms with van der Waals surface area (Å²) in [5, 5.41) is 24.8. The van der Waals surface area contributed by atoms with Crippen LogP contribution in [0, 0.1) is 20.2 Å². The molecule has 0 aliphatic heterocycles. The molecule has 0 aliphatic carbocycles. The molecule has 0 atom stereocenters. The Bertz CT molecular complexity index is 555. The van der Waals surface area contributed by atoms with Gasteiger partial charge in [-0.25, -0.2) is 0 Å². The molecule has 19 heavy (non-hydrogen) atoms. The van der Waals surface area contributed by atoms with E-state index < -0.39 is 21.2 Å². The quantitative estimate of drug-likeness (QED) is 0.475. The van der Waals surface area contributed by atoms with Crippen LogP contribution in [0.2, 0.25) is 0 Å². The van der Waals surface area contributed by atoms with E-state index in [0.717, 1.165) is 24.4 Å². The second-order valence-electron chi connectivity index (χ2n) is 3.41. The van der Waals surface area contributed by atoms with Gasteiger partial charge >= 0.3 is 5.69 Å². The van der Waals surface area contributed by atoms with Crippen LogP contribution in [-0.4, -0.2) is 21.8 Å². The molecule has 1 aromatic carbocycles. The third kappa shape index (κ3) is 3.84. The lowest BCUT2D eigenvalue weighted by Crippen LogP contribution is -2.01. The van der Waals surface area contributed by atoms with Crippen LogP contribution in [0.5, 0.6) is 0 Å². The molecule has 0 radical (unpaired) electrons. The zero-order chi connectivity index (χ0) is 14.4. The van der Waals surface area contributed by atoms with Gasteiger partial charge in [-0.1, -0.05) is 6.92 Å². The Hall–Kier alpha value is -2.84. The van der Waals surface area contributed by atoms with Crippen molar-refractivity contribution in [3.63, 3.8) is 0 Å². The van der Waals surface area contributed by atoms with E-state index in [9.17, 15) is 25.0 Å². The number of ketones is 1. The summed E-state index contributed by atoms with van der Waals surface area (Å²) >= 11 is 0. The summed E-state index contributed by atoms with van der Waals surface area (Å²) in [5.41, 5.74) is 1.39. The second kappa shape index (κ2) is 6.19. The summed E-state index contributed by atoms with van der Waals surface area (Å²) in [6, 6.07) is 3.08. The fraction of sp³-hybridized carbons (Fsp3) is 0.200. The molecule has 0 heterocycles. The molecule has 9 heteroatoms. The molecule has 0 spiro atoms. The molecular formula is C10H10N4O5. The monoisotopic (exact) mass is 266 g/mol. The largest absolute Gasteiger partial charge is 0.301 e. The van der Waals surface area contributed by atoms with Gasteiger partial charge in [-0.15, -0.1) is 0 Å². The standard InChI is InChI=1S/C10H10N4O5/c1-2-8(15)6-11-12-9-4-3-7(13(16)17)5-10(9)14(18)19/h3-6,12H,2H2,1H3. The number of anilines is 1. The summed E-state index contributed by atoms with van der Waals surface area (Å²) in [7, 11) is 0. The maximum atomic E-state index is 11.0. The highest BCUT2D eigenvalue weighted by atomic mass is 16.6. The number of carbonyl (C=O) groups excluding carboxylic acids is 1. The van der Waals surface area contributed by atoms with Crippen LogP contribution in [0.25, 0.3) is 0 Å². The number of benzene rings is 1. The Morgan fingerprint density at radius 1 is 1.37 bits per heavy atom. The van der Waals surface area contributed by atoms with Crippen molar-refractivity contribution in [1.29, 1.82) is 0 Å². The molecule has 0 fully saturated rings. The van der Waals surface area contributed by atoms with Crippen LogP contribution in [0.1, 0.15) is 13.3 Å². The number of hydrazone groups is 1. The number of nitro groups is 2. The summed E-state index contributed by atoms with van der Waals surface area (Å²) in [5.74, 6) is -0.253. The number of hydrogen-bond donors (Lipinski definition) is 1. The molecule has 1 aromatic rings. The first-order valence-corrected chi connectivity index (χ1v) is 5.20. The van der Waals surface area contributed by atoms with Gasteiger partial charge in [0.2, 0.25) is 0 Å². The van der Waals surface area contributed by atoms with Gasteiger partial charge in [0.05, 0.1) is 22.1 Å².